The Morgan fingerprint density at radius 3 is 2.63 bits per heavy atom. The van der Waals surface area contributed by atoms with Crippen LogP contribution < -0.4 is 5.73 Å². The van der Waals surface area contributed by atoms with Gasteiger partial charge >= 0.3 is 0 Å². The Morgan fingerprint density at radius 2 is 2.16 bits per heavy atom. The molecule has 0 aliphatic carbocycles. The molecule has 2 heterocycles. The van der Waals surface area contributed by atoms with Gasteiger partial charge in [-0.2, -0.15) is 0 Å². The zero-order valence-corrected chi connectivity index (χ0v) is 11.2. The third-order valence-electron chi connectivity index (χ3n) is 3.34. The van der Waals surface area contributed by atoms with E-state index >= 15 is 0 Å². The maximum absolute atomic E-state index is 12.1. The SMILES string of the molecule is Cl.NCC1CCN(C(=O)c2cc([N+](=O)[O-])c[nH]2)CC1. The standard InChI is InChI=1S/C11H16N4O3.ClH/c12-6-8-1-3-14(4-2-8)11(16)10-5-9(7-13-10)15(17)18;/h5,7-8,13H,1-4,6,12H2;1H. The number of piperidine rings is 1. The van der Waals surface area contributed by atoms with Crippen molar-refractivity contribution in [3.05, 3.63) is 28.1 Å². The minimum absolute atomic E-state index is 0. The third kappa shape index (κ3) is 3.45. The largest absolute Gasteiger partial charge is 0.351 e. The monoisotopic (exact) mass is 288 g/mol. The number of rotatable bonds is 3. The molecule has 106 valence electrons. The Balaban J connectivity index is 0.00000180. The molecule has 19 heavy (non-hydrogen) atoms. The first kappa shape index (κ1) is 15.5. The summed E-state index contributed by atoms with van der Waals surface area (Å²) in [6, 6.07) is 1.28. The van der Waals surface area contributed by atoms with Crippen LogP contribution in [0.15, 0.2) is 12.3 Å². The summed E-state index contributed by atoms with van der Waals surface area (Å²) in [6.45, 7) is 1.97. The molecule has 2 rings (SSSR count). The van der Waals surface area contributed by atoms with E-state index < -0.39 is 4.92 Å². The lowest BCUT2D eigenvalue weighted by Crippen LogP contribution is -2.40. The van der Waals surface area contributed by atoms with Crippen molar-refractivity contribution in [3.63, 3.8) is 0 Å². The van der Waals surface area contributed by atoms with Crippen LogP contribution in [0.25, 0.3) is 0 Å². The summed E-state index contributed by atoms with van der Waals surface area (Å²) in [7, 11) is 0. The number of nitrogens with zero attached hydrogens (tertiary/aromatic N) is 2. The van der Waals surface area contributed by atoms with Crippen molar-refractivity contribution in [2.45, 2.75) is 12.8 Å². The predicted molar refractivity (Wildman–Crippen MR) is 72.4 cm³/mol. The van der Waals surface area contributed by atoms with Crippen molar-refractivity contribution in [2.24, 2.45) is 11.7 Å². The summed E-state index contributed by atoms with van der Waals surface area (Å²) in [5, 5.41) is 10.5. The lowest BCUT2D eigenvalue weighted by Gasteiger charge is -2.31. The number of aromatic nitrogens is 1. The second-order valence-corrected chi connectivity index (χ2v) is 4.50. The number of carbonyl (C=O) groups is 1. The lowest BCUT2D eigenvalue weighted by molar-refractivity contribution is -0.384. The predicted octanol–water partition coefficient (Wildman–Crippen LogP) is 1.16. The van der Waals surface area contributed by atoms with Gasteiger partial charge in [0.2, 0.25) is 0 Å². The molecule has 1 saturated heterocycles. The number of likely N-dealkylation sites (tertiary alicyclic amines) is 1. The van der Waals surface area contributed by atoms with Crippen LogP contribution in [0.2, 0.25) is 0 Å². The highest BCUT2D eigenvalue weighted by Crippen LogP contribution is 2.19. The molecule has 1 aromatic heterocycles. The van der Waals surface area contributed by atoms with E-state index in [0.717, 1.165) is 12.8 Å². The fraction of sp³-hybridized carbons (Fsp3) is 0.545. The van der Waals surface area contributed by atoms with Crippen LogP contribution in [0.1, 0.15) is 23.3 Å². The normalized spacial score (nSPS) is 15.9. The Hall–Kier alpha value is -1.60. The van der Waals surface area contributed by atoms with Gasteiger partial charge in [-0.25, -0.2) is 0 Å². The van der Waals surface area contributed by atoms with Crippen molar-refractivity contribution in [2.75, 3.05) is 19.6 Å². The van der Waals surface area contributed by atoms with E-state index in [9.17, 15) is 14.9 Å². The van der Waals surface area contributed by atoms with Crippen molar-refractivity contribution in [1.29, 1.82) is 0 Å². The molecule has 1 amide bonds. The van der Waals surface area contributed by atoms with Crippen LogP contribution in [0, 0.1) is 16.0 Å². The van der Waals surface area contributed by atoms with E-state index in [1.54, 1.807) is 4.90 Å². The maximum Gasteiger partial charge on any atom is 0.287 e. The minimum atomic E-state index is -0.520. The Morgan fingerprint density at radius 1 is 1.53 bits per heavy atom. The highest BCUT2D eigenvalue weighted by molar-refractivity contribution is 5.93. The number of nitro groups is 1. The molecule has 0 atom stereocenters. The van der Waals surface area contributed by atoms with E-state index in [1.165, 1.54) is 12.3 Å². The van der Waals surface area contributed by atoms with Gasteiger partial charge in [-0.3, -0.25) is 14.9 Å². The Bertz CT molecular complexity index is 455. The first-order chi connectivity index (χ1) is 8.61. The zero-order valence-electron chi connectivity index (χ0n) is 10.4. The summed E-state index contributed by atoms with van der Waals surface area (Å²) in [5.74, 6) is 0.297. The first-order valence-electron chi connectivity index (χ1n) is 5.94. The van der Waals surface area contributed by atoms with Crippen LogP contribution in [0.4, 0.5) is 5.69 Å². The maximum atomic E-state index is 12.1. The number of hydrogen-bond donors (Lipinski definition) is 2. The van der Waals surface area contributed by atoms with E-state index in [4.69, 9.17) is 5.73 Å². The van der Waals surface area contributed by atoms with Crippen LogP contribution in [0.5, 0.6) is 0 Å². The van der Waals surface area contributed by atoms with Crippen LogP contribution >= 0.6 is 12.4 Å². The average molecular weight is 289 g/mol. The topological polar surface area (TPSA) is 105 Å². The number of halogens is 1. The molecule has 1 fully saturated rings. The minimum Gasteiger partial charge on any atom is -0.351 e. The molecule has 0 aromatic carbocycles. The van der Waals surface area contributed by atoms with E-state index in [-0.39, 0.29) is 29.7 Å². The van der Waals surface area contributed by atoms with Gasteiger partial charge in [0.25, 0.3) is 11.6 Å². The van der Waals surface area contributed by atoms with Gasteiger partial charge in [-0.1, -0.05) is 0 Å². The average Bonchev–Trinajstić information content (AvgIpc) is 2.88. The fourth-order valence-electron chi connectivity index (χ4n) is 2.15. The fourth-order valence-corrected chi connectivity index (χ4v) is 2.15. The van der Waals surface area contributed by atoms with Gasteiger partial charge in [0.05, 0.1) is 11.1 Å². The van der Waals surface area contributed by atoms with Gasteiger partial charge in [0.1, 0.15) is 5.69 Å². The van der Waals surface area contributed by atoms with Crippen LogP contribution in [0.3, 0.4) is 0 Å². The Labute approximate surface area is 116 Å². The number of nitrogens with one attached hydrogen (secondary N) is 1. The Kier molecular flexibility index (Phi) is 5.31. The molecule has 1 aliphatic heterocycles. The third-order valence-corrected chi connectivity index (χ3v) is 3.34. The summed E-state index contributed by atoms with van der Waals surface area (Å²) in [6.07, 6.45) is 3.02. The second-order valence-electron chi connectivity index (χ2n) is 4.50. The van der Waals surface area contributed by atoms with Gasteiger partial charge < -0.3 is 15.6 Å². The van der Waals surface area contributed by atoms with E-state index in [0.29, 0.717) is 25.6 Å². The second kappa shape index (κ2) is 6.53. The summed E-state index contributed by atoms with van der Waals surface area (Å²) in [5.41, 5.74) is 5.77. The quantitative estimate of drug-likeness (QED) is 0.643. The molecular formula is C11H17ClN4O3. The molecule has 0 spiro atoms. The number of hydrogen-bond acceptors (Lipinski definition) is 4. The number of nitrogens with two attached hydrogens (primary N) is 1. The van der Waals surface area contributed by atoms with Crippen molar-refractivity contribution in [3.8, 4) is 0 Å². The molecule has 7 nitrogen and oxygen atoms in total. The van der Waals surface area contributed by atoms with Gasteiger partial charge in [-0.05, 0) is 25.3 Å². The summed E-state index contributed by atoms with van der Waals surface area (Å²) >= 11 is 0. The zero-order chi connectivity index (χ0) is 13.1. The first-order valence-corrected chi connectivity index (χ1v) is 5.94. The molecule has 8 heteroatoms. The summed E-state index contributed by atoms with van der Waals surface area (Å²) < 4.78 is 0. The number of H-pyrrole nitrogens is 1. The van der Waals surface area contributed by atoms with Crippen molar-refractivity contribution >= 4 is 24.0 Å². The molecule has 0 unspecified atom stereocenters. The van der Waals surface area contributed by atoms with Crippen molar-refractivity contribution < 1.29 is 9.72 Å². The van der Waals surface area contributed by atoms with E-state index in [1.807, 2.05) is 0 Å². The molecule has 3 N–H and O–H groups in total. The van der Waals surface area contributed by atoms with Gasteiger partial charge in [-0.15, -0.1) is 12.4 Å². The molecule has 0 radical (unpaired) electrons. The smallest absolute Gasteiger partial charge is 0.287 e. The summed E-state index contributed by atoms with van der Waals surface area (Å²) in [4.78, 5) is 26.5. The number of aromatic amines is 1. The molecule has 1 aliphatic rings. The highest BCUT2D eigenvalue weighted by Gasteiger charge is 2.24. The van der Waals surface area contributed by atoms with Gasteiger partial charge in [0.15, 0.2) is 0 Å². The van der Waals surface area contributed by atoms with Crippen LogP contribution in [-0.4, -0.2) is 40.3 Å². The number of carbonyl (C=O) groups excluding carboxylic acids is 1. The molecule has 0 saturated carbocycles. The number of amides is 1. The molecular weight excluding hydrogens is 272 g/mol. The molecule has 1 aromatic rings. The van der Waals surface area contributed by atoms with Gasteiger partial charge in [0, 0.05) is 19.2 Å². The lowest BCUT2D eigenvalue weighted by atomic mass is 9.97. The van der Waals surface area contributed by atoms with Crippen molar-refractivity contribution in [1.82, 2.24) is 9.88 Å². The molecule has 0 bridgehead atoms. The van der Waals surface area contributed by atoms with E-state index in [2.05, 4.69) is 4.98 Å². The highest BCUT2D eigenvalue weighted by atomic mass is 35.5. The van der Waals surface area contributed by atoms with Crippen LogP contribution in [-0.2, 0) is 0 Å².